The second kappa shape index (κ2) is 6.70. The van der Waals surface area contributed by atoms with Gasteiger partial charge in [-0.15, -0.1) is 0 Å². The smallest absolute Gasteiger partial charge is 0.309 e. The van der Waals surface area contributed by atoms with Crippen molar-refractivity contribution >= 4 is 11.5 Å². The number of hydrogen-bond acceptors (Lipinski definition) is 3. The summed E-state index contributed by atoms with van der Waals surface area (Å²) in [4.78, 5) is 11.7. The maximum Gasteiger partial charge on any atom is 0.309 e. The monoisotopic (exact) mass is 382 g/mol. The van der Waals surface area contributed by atoms with E-state index in [1.165, 1.54) is 17.2 Å². The summed E-state index contributed by atoms with van der Waals surface area (Å²) in [5, 5.41) is 9.88. The first-order chi connectivity index (χ1) is 13.2. The Balaban J connectivity index is 1.79. The second-order valence-electron chi connectivity index (χ2n) is 8.90. The molecule has 0 saturated carbocycles. The van der Waals surface area contributed by atoms with E-state index in [1.807, 2.05) is 18.2 Å². The highest BCUT2D eigenvalue weighted by atomic mass is 19.1. The number of rotatable bonds is 3. The SMILES string of the molecule is Cc1cc(C2=C(C=CC3CC(O)CC(=O)O3)C3(C)C=CC2(C)CC3)ccc1F. The molecule has 28 heavy (non-hydrogen) atoms. The van der Waals surface area contributed by atoms with E-state index in [0.29, 0.717) is 12.0 Å². The minimum atomic E-state index is -0.653. The molecule has 4 atom stereocenters. The van der Waals surface area contributed by atoms with Gasteiger partial charge in [0, 0.05) is 17.3 Å². The Labute approximate surface area is 165 Å². The fraction of sp³-hybridized carbons (Fsp3) is 0.458. The molecule has 0 spiro atoms. The van der Waals surface area contributed by atoms with Crippen molar-refractivity contribution in [2.45, 2.75) is 58.7 Å². The summed E-state index contributed by atoms with van der Waals surface area (Å²) in [6, 6.07) is 5.32. The number of cyclic esters (lactones) is 1. The molecular weight excluding hydrogens is 355 g/mol. The van der Waals surface area contributed by atoms with Crippen LogP contribution in [0.25, 0.3) is 5.57 Å². The van der Waals surface area contributed by atoms with Crippen LogP contribution in [-0.2, 0) is 9.53 Å². The number of carbonyl (C=O) groups excluding carboxylic acids is 1. The Bertz CT molecular complexity index is 912. The molecule has 4 heteroatoms. The first-order valence-corrected chi connectivity index (χ1v) is 9.98. The molecule has 0 radical (unpaired) electrons. The van der Waals surface area contributed by atoms with Crippen LogP contribution in [0, 0.1) is 23.6 Å². The molecule has 0 amide bonds. The molecule has 1 aliphatic heterocycles. The maximum atomic E-state index is 13.9. The number of aliphatic hydroxyl groups is 1. The molecule has 1 heterocycles. The van der Waals surface area contributed by atoms with Gasteiger partial charge in [0.1, 0.15) is 11.9 Å². The minimum absolute atomic E-state index is 0.0612. The van der Waals surface area contributed by atoms with E-state index in [-0.39, 0.29) is 29.0 Å². The minimum Gasteiger partial charge on any atom is -0.458 e. The van der Waals surface area contributed by atoms with Crippen LogP contribution in [0.3, 0.4) is 0 Å². The number of carbonyl (C=O) groups is 1. The molecule has 1 aromatic rings. The maximum absolute atomic E-state index is 13.9. The lowest BCUT2D eigenvalue weighted by Crippen LogP contribution is -2.36. The average molecular weight is 382 g/mol. The van der Waals surface area contributed by atoms with Crippen LogP contribution in [-0.4, -0.2) is 23.3 Å². The summed E-state index contributed by atoms with van der Waals surface area (Å²) in [6.07, 6.45) is 10.0. The summed E-state index contributed by atoms with van der Waals surface area (Å²) >= 11 is 0. The Kier molecular flexibility index (Phi) is 4.58. The van der Waals surface area contributed by atoms with Crippen LogP contribution < -0.4 is 0 Å². The van der Waals surface area contributed by atoms with Gasteiger partial charge in [-0.25, -0.2) is 4.39 Å². The zero-order valence-electron chi connectivity index (χ0n) is 16.7. The number of aliphatic hydroxyl groups excluding tert-OH is 1. The summed E-state index contributed by atoms with van der Waals surface area (Å²) in [5.41, 5.74) is 3.86. The standard InChI is InChI=1S/C24H27FO3/c1-15-12-16(4-7-20(15)25)22-19(23(2)8-10-24(22,3)11-9-23)6-5-18-13-17(26)14-21(27)28-18/h4-8,10,12,17-18,26H,9,11,13-14H2,1-3H3. The normalized spacial score (nSPS) is 35.0. The fourth-order valence-corrected chi connectivity index (χ4v) is 4.77. The lowest BCUT2D eigenvalue weighted by Gasteiger charge is -2.48. The molecule has 4 unspecified atom stereocenters. The molecule has 5 rings (SSSR count). The van der Waals surface area contributed by atoms with Gasteiger partial charge in [-0.05, 0) is 60.2 Å². The van der Waals surface area contributed by atoms with E-state index in [1.54, 1.807) is 6.92 Å². The molecule has 4 aliphatic rings. The van der Waals surface area contributed by atoms with Crippen molar-refractivity contribution in [1.82, 2.24) is 0 Å². The van der Waals surface area contributed by atoms with E-state index in [4.69, 9.17) is 4.74 Å². The van der Waals surface area contributed by atoms with E-state index in [2.05, 4.69) is 32.1 Å². The van der Waals surface area contributed by atoms with Crippen LogP contribution >= 0.6 is 0 Å². The number of allylic oxidation sites excluding steroid dienone is 5. The molecule has 1 fully saturated rings. The zero-order chi connectivity index (χ0) is 20.1. The van der Waals surface area contributed by atoms with Crippen molar-refractivity contribution in [3.63, 3.8) is 0 Å². The molecule has 3 nitrogen and oxygen atoms in total. The van der Waals surface area contributed by atoms with Crippen LogP contribution in [0.4, 0.5) is 4.39 Å². The number of fused-ring (bicyclic) bond motifs is 1. The number of hydrogen-bond donors (Lipinski definition) is 1. The third-order valence-electron chi connectivity index (χ3n) is 6.55. The third kappa shape index (κ3) is 3.24. The average Bonchev–Trinajstić information content (AvgIpc) is 2.63. The van der Waals surface area contributed by atoms with Crippen molar-refractivity contribution in [2.24, 2.45) is 10.8 Å². The number of benzene rings is 1. The number of halogens is 1. The highest BCUT2D eigenvalue weighted by molar-refractivity contribution is 5.81. The van der Waals surface area contributed by atoms with Crippen molar-refractivity contribution in [2.75, 3.05) is 0 Å². The van der Waals surface area contributed by atoms with Gasteiger partial charge >= 0.3 is 5.97 Å². The summed E-state index contributed by atoms with van der Waals surface area (Å²) in [7, 11) is 0. The second-order valence-corrected chi connectivity index (χ2v) is 8.90. The predicted molar refractivity (Wildman–Crippen MR) is 107 cm³/mol. The van der Waals surface area contributed by atoms with Crippen LogP contribution in [0.1, 0.15) is 50.7 Å². The molecule has 2 bridgehead atoms. The molecule has 0 aromatic heterocycles. The van der Waals surface area contributed by atoms with E-state index >= 15 is 0 Å². The topological polar surface area (TPSA) is 46.5 Å². The Morgan fingerprint density at radius 3 is 2.57 bits per heavy atom. The molecule has 1 N–H and O–H groups in total. The van der Waals surface area contributed by atoms with Gasteiger partial charge in [0.25, 0.3) is 0 Å². The van der Waals surface area contributed by atoms with Gasteiger partial charge < -0.3 is 9.84 Å². The highest BCUT2D eigenvalue weighted by Gasteiger charge is 2.45. The lowest BCUT2D eigenvalue weighted by atomic mass is 9.55. The lowest BCUT2D eigenvalue weighted by molar-refractivity contribution is -0.156. The number of aryl methyl sites for hydroxylation is 1. The van der Waals surface area contributed by atoms with Gasteiger partial charge in [0.05, 0.1) is 12.5 Å². The van der Waals surface area contributed by atoms with E-state index in [0.717, 1.165) is 18.4 Å². The van der Waals surface area contributed by atoms with Gasteiger partial charge in [0.2, 0.25) is 0 Å². The number of ether oxygens (including phenoxy) is 1. The summed E-state index contributed by atoms with van der Waals surface area (Å²) in [6.45, 7) is 6.24. The van der Waals surface area contributed by atoms with Gasteiger partial charge in [-0.2, -0.15) is 0 Å². The Morgan fingerprint density at radius 2 is 1.93 bits per heavy atom. The molecular formula is C24H27FO3. The van der Waals surface area contributed by atoms with Crippen molar-refractivity contribution in [1.29, 1.82) is 0 Å². The van der Waals surface area contributed by atoms with Crippen molar-refractivity contribution in [3.8, 4) is 0 Å². The van der Waals surface area contributed by atoms with Crippen LogP contribution in [0.2, 0.25) is 0 Å². The van der Waals surface area contributed by atoms with Crippen molar-refractivity contribution < 1.29 is 19.0 Å². The summed E-state index contributed by atoms with van der Waals surface area (Å²) < 4.78 is 19.3. The van der Waals surface area contributed by atoms with Crippen molar-refractivity contribution in [3.05, 3.63) is 65.0 Å². The number of esters is 1. The zero-order valence-corrected chi connectivity index (χ0v) is 16.7. The van der Waals surface area contributed by atoms with Gasteiger partial charge in [0.15, 0.2) is 0 Å². The van der Waals surface area contributed by atoms with E-state index < -0.39 is 12.2 Å². The summed E-state index contributed by atoms with van der Waals surface area (Å²) in [5.74, 6) is -0.558. The largest absolute Gasteiger partial charge is 0.458 e. The first-order valence-electron chi connectivity index (χ1n) is 9.98. The van der Waals surface area contributed by atoms with Gasteiger partial charge in [-0.3, -0.25) is 4.79 Å². The highest BCUT2D eigenvalue weighted by Crippen LogP contribution is 2.59. The molecule has 1 aromatic carbocycles. The van der Waals surface area contributed by atoms with Crippen LogP contribution in [0.15, 0.2) is 48.1 Å². The predicted octanol–water partition coefficient (Wildman–Crippen LogP) is 4.89. The third-order valence-corrected chi connectivity index (χ3v) is 6.55. The molecule has 148 valence electrons. The fourth-order valence-electron chi connectivity index (χ4n) is 4.77. The Hall–Kier alpha value is -2.20. The van der Waals surface area contributed by atoms with Crippen LogP contribution in [0.5, 0.6) is 0 Å². The quantitative estimate of drug-likeness (QED) is 0.598. The van der Waals surface area contributed by atoms with Gasteiger partial charge in [-0.1, -0.05) is 38.1 Å². The molecule has 3 aliphatic carbocycles. The Morgan fingerprint density at radius 1 is 1.21 bits per heavy atom. The van der Waals surface area contributed by atoms with E-state index in [9.17, 15) is 14.3 Å². The first kappa shape index (κ1) is 19.1. The molecule has 1 saturated heterocycles.